The quantitative estimate of drug-likeness (QED) is 0.377. The van der Waals surface area contributed by atoms with Crippen LogP contribution in [0.3, 0.4) is 0 Å². The van der Waals surface area contributed by atoms with Gasteiger partial charge < -0.3 is 0 Å². The number of rotatable bonds is 0. The summed E-state index contributed by atoms with van der Waals surface area (Å²) in [5, 5.41) is 0. The summed E-state index contributed by atoms with van der Waals surface area (Å²) in [7, 11) is 0. The summed E-state index contributed by atoms with van der Waals surface area (Å²) in [4.78, 5) is 0. The Labute approximate surface area is 73.1 Å². The third kappa shape index (κ3) is 0.998. The maximum absolute atomic E-state index is 12.8. The van der Waals surface area contributed by atoms with E-state index in [1.165, 1.54) is 0 Å². The number of halogens is 4. The fourth-order valence-electron chi connectivity index (χ4n) is 0.877. The molecule has 0 aliphatic carbocycles. The molecule has 0 fully saturated rings. The van der Waals surface area contributed by atoms with Crippen LogP contribution in [0.2, 0.25) is 0 Å². The summed E-state index contributed by atoms with van der Waals surface area (Å²) in [6.45, 7) is 0. The number of aromatic nitrogens is 2. The molecule has 0 saturated heterocycles. The topological polar surface area (TPSA) is 25.8 Å². The summed E-state index contributed by atoms with van der Waals surface area (Å²) >= 11 is 0.485. The van der Waals surface area contributed by atoms with Crippen molar-refractivity contribution in [1.82, 2.24) is 8.75 Å². The van der Waals surface area contributed by atoms with Crippen LogP contribution in [0.5, 0.6) is 0 Å². The van der Waals surface area contributed by atoms with Gasteiger partial charge in [-0.1, -0.05) is 0 Å². The predicted molar refractivity (Wildman–Crippen MR) is 37.2 cm³/mol. The van der Waals surface area contributed by atoms with Gasteiger partial charge >= 0.3 is 0 Å². The lowest BCUT2D eigenvalue weighted by molar-refractivity contribution is 0.417. The van der Waals surface area contributed by atoms with E-state index in [1.54, 1.807) is 0 Å². The molecule has 0 amide bonds. The van der Waals surface area contributed by atoms with Gasteiger partial charge in [0.15, 0.2) is 23.3 Å². The first kappa shape index (κ1) is 8.36. The van der Waals surface area contributed by atoms with Crippen LogP contribution in [0, 0.1) is 23.3 Å². The van der Waals surface area contributed by atoms with E-state index in [0.29, 0.717) is 11.7 Å². The Balaban J connectivity index is 3.02. The van der Waals surface area contributed by atoms with E-state index >= 15 is 0 Å². The number of benzene rings is 1. The molecule has 0 spiro atoms. The van der Waals surface area contributed by atoms with E-state index in [9.17, 15) is 17.6 Å². The lowest BCUT2D eigenvalue weighted by Crippen LogP contribution is -1.97. The van der Waals surface area contributed by atoms with Crippen LogP contribution in [0.4, 0.5) is 17.6 Å². The standard InChI is InChI=1S/C6F4N2S/c7-1-2(8)4(10)6-5(3(1)9)11-13-12-6. The first-order valence-corrected chi connectivity index (χ1v) is 3.80. The minimum absolute atomic E-state index is 0.485. The predicted octanol–water partition coefficient (Wildman–Crippen LogP) is 2.25. The second kappa shape index (κ2) is 2.63. The molecular formula is C6F4N2S. The molecule has 68 valence electrons. The molecule has 13 heavy (non-hydrogen) atoms. The maximum Gasteiger partial charge on any atom is 0.199 e. The summed E-state index contributed by atoms with van der Waals surface area (Å²) in [6.07, 6.45) is 0. The minimum Gasteiger partial charge on any atom is -0.201 e. The Kier molecular flexibility index (Phi) is 1.69. The Morgan fingerprint density at radius 2 is 1.08 bits per heavy atom. The molecule has 2 aromatic rings. The molecule has 0 radical (unpaired) electrons. The molecule has 2 rings (SSSR count). The van der Waals surface area contributed by atoms with Crippen molar-refractivity contribution in [1.29, 1.82) is 0 Å². The van der Waals surface area contributed by atoms with Gasteiger partial charge in [0.05, 0.1) is 11.7 Å². The van der Waals surface area contributed by atoms with Crippen molar-refractivity contribution in [3.05, 3.63) is 23.3 Å². The first-order chi connectivity index (χ1) is 6.13. The summed E-state index contributed by atoms with van der Waals surface area (Å²) in [5.74, 6) is -6.75. The van der Waals surface area contributed by atoms with Gasteiger partial charge in [-0.3, -0.25) is 0 Å². The van der Waals surface area contributed by atoms with Crippen LogP contribution < -0.4 is 0 Å². The zero-order valence-corrected chi connectivity index (χ0v) is 6.63. The van der Waals surface area contributed by atoms with Crippen molar-refractivity contribution < 1.29 is 17.6 Å². The van der Waals surface area contributed by atoms with Gasteiger partial charge in [0.1, 0.15) is 11.0 Å². The largest absolute Gasteiger partial charge is 0.201 e. The highest BCUT2D eigenvalue weighted by Crippen LogP contribution is 2.24. The highest BCUT2D eigenvalue weighted by atomic mass is 32.1. The van der Waals surface area contributed by atoms with Crippen LogP contribution in [0.15, 0.2) is 0 Å². The van der Waals surface area contributed by atoms with E-state index in [-0.39, 0.29) is 0 Å². The SMILES string of the molecule is Fc1c(F)c(F)c2nsnc2c1F. The van der Waals surface area contributed by atoms with Crippen molar-refractivity contribution in [3.8, 4) is 0 Å². The summed E-state index contributed by atoms with van der Waals surface area (Å²) in [6, 6.07) is 0. The Hall–Kier alpha value is -1.24. The maximum atomic E-state index is 12.8. The summed E-state index contributed by atoms with van der Waals surface area (Å²) in [5.41, 5.74) is -1.16. The molecule has 0 saturated carbocycles. The van der Waals surface area contributed by atoms with Gasteiger partial charge in [-0.15, -0.1) is 0 Å². The monoisotopic (exact) mass is 208 g/mol. The van der Waals surface area contributed by atoms with E-state index < -0.39 is 34.3 Å². The van der Waals surface area contributed by atoms with Crippen molar-refractivity contribution in [3.63, 3.8) is 0 Å². The smallest absolute Gasteiger partial charge is 0.199 e. The molecule has 1 aromatic heterocycles. The third-order valence-corrected chi connectivity index (χ3v) is 2.01. The highest BCUT2D eigenvalue weighted by Gasteiger charge is 2.22. The molecule has 0 bridgehead atoms. The Morgan fingerprint density at radius 1 is 0.692 bits per heavy atom. The molecule has 1 aromatic carbocycles. The van der Waals surface area contributed by atoms with E-state index in [4.69, 9.17) is 0 Å². The molecule has 0 atom stereocenters. The molecular weight excluding hydrogens is 208 g/mol. The fraction of sp³-hybridized carbons (Fsp3) is 0. The van der Waals surface area contributed by atoms with Crippen LogP contribution >= 0.6 is 11.7 Å². The van der Waals surface area contributed by atoms with E-state index in [2.05, 4.69) is 8.75 Å². The zero-order chi connectivity index (χ0) is 9.59. The fourth-order valence-corrected chi connectivity index (χ4v) is 1.41. The normalized spacial score (nSPS) is 11.1. The second-order valence-electron chi connectivity index (χ2n) is 2.22. The van der Waals surface area contributed by atoms with Crippen LogP contribution in [0.25, 0.3) is 11.0 Å². The number of nitrogens with zero attached hydrogens (tertiary/aromatic N) is 2. The van der Waals surface area contributed by atoms with Gasteiger partial charge in [-0.25, -0.2) is 17.6 Å². The Morgan fingerprint density at radius 3 is 1.46 bits per heavy atom. The van der Waals surface area contributed by atoms with Gasteiger partial charge in [0.25, 0.3) is 0 Å². The highest BCUT2D eigenvalue weighted by molar-refractivity contribution is 7.00. The van der Waals surface area contributed by atoms with Gasteiger partial charge in [0, 0.05) is 0 Å². The molecule has 2 nitrogen and oxygen atoms in total. The van der Waals surface area contributed by atoms with E-state index in [0.717, 1.165) is 0 Å². The number of fused-ring (bicyclic) bond motifs is 1. The summed E-state index contributed by atoms with van der Waals surface area (Å²) < 4.78 is 57.3. The lowest BCUT2D eigenvalue weighted by atomic mass is 10.2. The zero-order valence-electron chi connectivity index (χ0n) is 5.81. The van der Waals surface area contributed by atoms with Crippen molar-refractivity contribution in [2.75, 3.05) is 0 Å². The average molecular weight is 208 g/mol. The number of hydrogen-bond donors (Lipinski definition) is 0. The first-order valence-electron chi connectivity index (χ1n) is 3.07. The van der Waals surface area contributed by atoms with Gasteiger partial charge in [-0.2, -0.15) is 8.75 Å². The van der Waals surface area contributed by atoms with Crippen molar-refractivity contribution in [2.45, 2.75) is 0 Å². The molecule has 1 heterocycles. The molecule has 0 aliphatic rings. The average Bonchev–Trinajstić information content (AvgIpc) is 2.59. The minimum atomic E-state index is -1.86. The second-order valence-corrected chi connectivity index (χ2v) is 2.75. The van der Waals surface area contributed by atoms with Crippen LogP contribution in [-0.4, -0.2) is 8.75 Å². The molecule has 0 N–H and O–H groups in total. The van der Waals surface area contributed by atoms with Crippen LogP contribution in [-0.2, 0) is 0 Å². The Bertz CT molecular complexity index is 439. The third-order valence-electron chi connectivity index (χ3n) is 1.48. The van der Waals surface area contributed by atoms with E-state index in [1.807, 2.05) is 0 Å². The van der Waals surface area contributed by atoms with Gasteiger partial charge in [0.2, 0.25) is 0 Å². The van der Waals surface area contributed by atoms with Crippen molar-refractivity contribution in [2.24, 2.45) is 0 Å². The van der Waals surface area contributed by atoms with Gasteiger partial charge in [-0.05, 0) is 0 Å². The molecule has 0 unspecified atom stereocenters. The molecule has 7 heteroatoms. The van der Waals surface area contributed by atoms with Crippen LogP contribution in [0.1, 0.15) is 0 Å². The number of hydrogen-bond acceptors (Lipinski definition) is 3. The van der Waals surface area contributed by atoms with Crippen molar-refractivity contribution >= 4 is 22.8 Å². The molecule has 0 aliphatic heterocycles. The lowest BCUT2D eigenvalue weighted by Gasteiger charge is -1.96.